The Bertz CT molecular complexity index is 695. The highest BCUT2D eigenvalue weighted by atomic mass is 16.2. The lowest BCUT2D eigenvalue weighted by molar-refractivity contribution is -0.128. The fourth-order valence-electron chi connectivity index (χ4n) is 3.64. The lowest BCUT2D eigenvalue weighted by Gasteiger charge is -2.34. The van der Waals surface area contributed by atoms with Gasteiger partial charge in [-0.2, -0.15) is 0 Å². The summed E-state index contributed by atoms with van der Waals surface area (Å²) in [5, 5.41) is 3.14. The maximum Gasteiger partial charge on any atom is 0.237 e. The Labute approximate surface area is 156 Å². The highest BCUT2D eigenvalue weighted by Crippen LogP contribution is 2.20. The van der Waals surface area contributed by atoms with E-state index in [9.17, 15) is 4.79 Å². The number of carbonyl (C=O) groups excluding carboxylic acids is 1. The first-order valence-electron chi connectivity index (χ1n) is 9.68. The summed E-state index contributed by atoms with van der Waals surface area (Å²) in [7, 11) is 0. The highest BCUT2D eigenvalue weighted by Gasteiger charge is 2.28. The average molecular weight is 354 g/mol. The molecule has 3 rings (SSSR count). The van der Waals surface area contributed by atoms with Crippen LogP contribution in [0.3, 0.4) is 0 Å². The first kappa shape index (κ1) is 18.6. The summed E-state index contributed by atoms with van der Waals surface area (Å²) < 4.78 is 2.13. The van der Waals surface area contributed by atoms with Gasteiger partial charge in [-0.05, 0) is 30.9 Å². The fourth-order valence-corrected chi connectivity index (χ4v) is 3.64. The Morgan fingerprint density at radius 3 is 2.85 bits per heavy atom. The van der Waals surface area contributed by atoms with Crippen molar-refractivity contribution in [3.05, 3.63) is 54.1 Å². The molecule has 2 aromatic rings. The van der Waals surface area contributed by atoms with Crippen LogP contribution in [0.1, 0.15) is 44.4 Å². The summed E-state index contributed by atoms with van der Waals surface area (Å²) in [4.78, 5) is 19.4. The molecule has 0 unspecified atom stereocenters. The van der Waals surface area contributed by atoms with Gasteiger partial charge in [-0.25, -0.2) is 4.98 Å². The van der Waals surface area contributed by atoms with Gasteiger partial charge in [0.1, 0.15) is 0 Å². The third-order valence-electron chi connectivity index (χ3n) is 4.95. The van der Waals surface area contributed by atoms with E-state index in [1.807, 2.05) is 18.6 Å². The quantitative estimate of drug-likeness (QED) is 0.831. The van der Waals surface area contributed by atoms with E-state index < -0.39 is 0 Å². The molecule has 0 radical (unpaired) electrons. The Balaban J connectivity index is 1.59. The molecule has 0 saturated carbocycles. The van der Waals surface area contributed by atoms with Gasteiger partial charge in [0.05, 0.1) is 24.6 Å². The summed E-state index contributed by atoms with van der Waals surface area (Å²) in [6, 6.07) is 10.4. The van der Waals surface area contributed by atoms with Crippen molar-refractivity contribution in [1.82, 2.24) is 19.8 Å². The van der Waals surface area contributed by atoms with E-state index >= 15 is 0 Å². The molecule has 26 heavy (non-hydrogen) atoms. The van der Waals surface area contributed by atoms with E-state index in [1.54, 1.807) is 0 Å². The SMILES string of the molecule is CC(C)Cn1cncc1CNC(=O)[C@@H]1CCCCN1Cc1ccccc1. The average Bonchev–Trinajstić information content (AvgIpc) is 3.07. The molecule has 5 heteroatoms. The third kappa shape index (κ3) is 4.94. The van der Waals surface area contributed by atoms with Crippen LogP contribution in [0.4, 0.5) is 0 Å². The molecular weight excluding hydrogens is 324 g/mol. The highest BCUT2D eigenvalue weighted by molar-refractivity contribution is 5.81. The van der Waals surface area contributed by atoms with Gasteiger partial charge >= 0.3 is 0 Å². The second-order valence-electron chi connectivity index (χ2n) is 7.62. The monoisotopic (exact) mass is 354 g/mol. The van der Waals surface area contributed by atoms with Gasteiger partial charge in [0, 0.05) is 19.3 Å². The van der Waals surface area contributed by atoms with E-state index in [0.717, 1.165) is 44.6 Å². The van der Waals surface area contributed by atoms with Crippen molar-refractivity contribution in [2.45, 2.75) is 58.8 Å². The smallest absolute Gasteiger partial charge is 0.237 e. The second kappa shape index (κ2) is 8.99. The van der Waals surface area contributed by atoms with Crippen molar-refractivity contribution in [3.63, 3.8) is 0 Å². The van der Waals surface area contributed by atoms with E-state index in [4.69, 9.17) is 0 Å². The predicted molar refractivity (Wildman–Crippen MR) is 103 cm³/mol. The summed E-state index contributed by atoms with van der Waals surface area (Å²) >= 11 is 0. The van der Waals surface area contributed by atoms with Crippen LogP contribution in [0.15, 0.2) is 42.9 Å². The molecule has 5 nitrogen and oxygen atoms in total. The predicted octanol–water partition coefficient (Wildman–Crippen LogP) is 3.21. The molecule has 1 aliphatic heterocycles. The molecule has 1 saturated heterocycles. The molecule has 1 aromatic carbocycles. The molecule has 140 valence electrons. The lowest BCUT2D eigenvalue weighted by Crippen LogP contribution is -2.48. The van der Waals surface area contributed by atoms with Crippen molar-refractivity contribution in [2.24, 2.45) is 5.92 Å². The first-order valence-corrected chi connectivity index (χ1v) is 9.68. The number of benzene rings is 1. The maximum atomic E-state index is 12.8. The molecule has 0 bridgehead atoms. The summed E-state index contributed by atoms with van der Waals surface area (Å²) in [6.45, 7) is 7.66. The largest absolute Gasteiger partial charge is 0.349 e. The first-order chi connectivity index (χ1) is 12.6. The van der Waals surface area contributed by atoms with Crippen LogP contribution in [-0.4, -0.2) is 32.9 Å². The van der Waals surface area contributed by atoms with E-state index in [-0.39, 0.29) is 11.9 Å². The molecule has 1 fully saturated rings. The maximum absolute atomic E-state index is 12.8. The molecule has 1 amide bonds. The topological polar surface area (TPSA) is 50.2 Å². The number of aromatic nitrogens is 2. The van der Waals surface area contributed by atoms with Gasteiger partial charge in [-0.15, -0.1) is 0 Å². The van der Waals surface area contributed by atoms with Gasteiger partial charge in [0.25, 0.3) is 0 Å². The van der Waals surface area contributed by atoms with Gasteiger partial charge in [-0.3, -0.25) is 9.69 Å². The van der Waals surface area contributed by atoms with Crippen LogP contribution in [0.2, 0.25) is 0 Å². The molecular formula is C21H30N4O. The molecule has 0 aliphatic carbocycles. The number of imidazole rings is 1. The molecule has 1 aromatic heterocycles. The lowest BCUT2D eigenvalue weighted by atomic mass is 10.0. The molecule has 1 aliphatic rings. The van der Waals surface area contributed by atoms with Crippen LogP contribution >= 0.6 is 0 Å². The Kier molecular flexibility index (Phi) is 6.45. The summed E-state index contributed by atoms with van der Waals surface area (Å²) in [6.07, 6.45) is 6.92. The zero-order valence-corrected chi connectivity index (χ0v) is 15.9. The third-order valence-corrected chi connectivity index (χ3v) is 4.95. The number of nitrogens with one attached hydrogen (secondary N) is 1. The second-order valence-corrected chi connectivity index (χ2v) is 7.62. The fraction of sp³-hybridized carbons (Fsp3) is 0.524. The minimum Gasteiger partial charge on any atom is -0.349 e. The number of amides is 1. The van der Waals surface area contributed by atoms with Crippen LogP contribution in [-0.2, 0) is 24.4 Å². The van der Waals surface area contributed by atoms with E-state index in [1.165, 1.54) is 5.56 Å². The number of hydrogen-bond acceptors (Lipinski definition) is 3. The van der Waals surface area contributed by atoms with Gasteiger partial charge in [-0.1, -0.05) is 50.6 Å². The number of rotatable bonds is 7. The molecule has 2 heterocycles. The standard InChI is InChI=1S/C21H30N4O/c1-17(2)14-25-16-22-12-19(25)13-23-21(26)20-10-6-7-11-24(20)15-18-8-4-3-5-9-18/h3-5,8-9,12,16-17,20H,6-7,10-11,13-15H2,1-2H3,(H,23,26)/t20-/m0/s1. The van der Waals surface area contributed by atoms with Crippen LogP contribution in [0, 0.1) is 5.92 Å². The van der Waals surface area contributed by atoms with Crippen LogP contribution < -0.4 is 5.32 Å². The number of hydrogen-bond donors (Lipinski definition) is 1. The van der Waals surface area contributed by atoms with E-state index in [2.05, 4.69) is 57.9 Å². The minimum atomic E-state index is -0.0366. The summed E-state index contributed by atoms with van der Waals surface area (Å²) in [5.41, 5.74) is 2.33. The van der Waals surface area contributed by atoms with Gasteiger partial charge in [0.15, 0.2) is 0 Å². The van der Waals surface area contributed by atoms with Crippen molar-refractivity contribution in [3.8, 4) is 0 Å². The van der Waals surface area contributed by atoms with Crippen molar-refractivity contribution < 1.29 is 4.79 Å². The van der Waals surface area contributed by atoms with Crippen molar-refractivity contribution in [1.29, 1.82) is 0 Å². The van der Waals surface area contributed by atoms with Gasteiger partial charge in [0.2, 0.25) is 5.91 Å². The number of piperidine rings is 1. The Morgan fingerprint density at radius 1 is 1.27 bits per heavy atom. The normalized spacial score (nSPS) is 18.2. The minimum absolute atomic E-state index is 0.0366. The van der Waals surface area contributed by atoms with Crippen molar-refractivity contribution in [2.75, 3.05) is 6.54 Å². The zero-order chi connectivity index (χ0) is 18.4. The van der Waals surface area contributed by atoms with E-state index in [0.29, 0.717) is 12.5 Å². The van der Waals surface area contributed by atoms with Crippen LogP contribution in [0.5, 0.6) is 0 Å². The summed E-state index contributed by atoms with van der Waals surface area (Å²) in [5.74, 6) is 0.691. The number of nitrogens with zero attached hydrogens (tertiary/aromatic N) is 3. The van der Waals surface area contributed by atoms with Gasteiger partial charge < -0.3 is 9.88 Å². The number of carbonyl (C=O) groups is 1. The molecule has 1 atom stereocenters. The number of likely N-dealkylation sites (tertiary alicyclic amines) is 1. The van der Waals surface area contributed by atoms with Crippen molar-refractivity contribution >= 4 is 5.91 Å². The Hall–Kier alpha value is -2.14. The molecule has 0 spiro atoms. The molecule has 1 N–H and O–H groups in total. The Morgan fingerprint density at radius 2 is 2.08 bits per heavy atom. The van der Waals surface area contributed by atoms with Crippen LogP contribution in [0.25, 0.3) is 0 Å². The zero-order valence-electron chi connectivity index (χ0n) is 15.9.